The summed E-state index contributed by atoms with van der Waals surface area (Å²) < 4.78 is 5.18. The molecular weight excluding hydrogens is 299 g/mol. The summed E-state index contributed by atoms with van der Waals surface area (Å²) in [7, 11) is 1.55. The second-order valence-electron chi connectivity index (χ2n) is 4.77. The van der Waals surface area contributed by atoms with Gasteiger partial charge in [-0.1, -0.05) is 11.6 Å². The van der Waals surface area contributed by atoms with E-state index in [1.165, 1.54) is 6.42 Å². The summed E-state index contributed by atoms with van der Waals surface area (Å²) in [6.45, 7) is 2.72. The number of nitrogens with one attached hydrogen (secondary N) is 2. The first-order chi connectivity index (χ1) is 9.20. The zero-order valence-corrected chi connectivity index (χ0v) is 13.0. The van der Waals surface area contributed by atoms with Crippen molar-refractivity contribution < 1.29 is 9.53 Å². The molecule has 112 valence electrons. The number of methoxy groups -OCH3 is 1. The normalized spacial score (nSPS) is 18.0. The Hall–Kier alpha value is -0.970. The molecule has 0 radical (unpaired) electrons. The highest BCUT2D eigenvalue weighted by atomic mass is 35.5. The molecule has 4 nitrogen and oxygen atoms in total. The molecule has 1 aromatic rings. The molecule has 1 aliphatic heterocycles. The third-order valence-corrected chi connectivity index (χ3v) is 3.59. The predicted molar refractivity (Wildman–Crippen MR) is 83.2 cm³/mol. The largest absolute Gasteiger partial charge is 0.496 e. The second kappa shape index (κ2) is 8.35. The molecule has 1 amide bonds. The molecule has 1 saturated heterocycles. The van der Waals surface area contributed by atoms with E-state index in [0.29, 0.717) is 28.8 Å². The van der Waals surface area contributed by atoms with Gasteiger partial charge in [-0.25, -0.2) is 0 Å². The lowest BCUT2D eigenvalue weighted by molar-refractivity contribution is 0.0942. The van der Waals surface area contributed by atoms with Gasteiger partial charge < -0.3 is 15.4 Å². The lowest BCUT2D eigenvalue weighted by atomic mass is 9.99. The summed E-state index contributed by atoms with van der Waals surface area (Å²) in [6, 6.07) is 5.05. The van der Waals surface area contributed by atoms with Crippen LogP contribution in [0.3, 0.4) is 0 Å². The Morgan fingerprint density at radius 3 is 3.00 bits per heavy atom. The molecule has 0 saturated carbocycles. The van der Waals surface area contributed by atoms with Crippen LogP contribution in [0.5, 0.6) is 5.75 Å². The molecule has 0 bridgehead atoms. The minimum Gasteiger partial charge on any atom is -0.496 e. The Bertz CT molecular complexity index is 449. The summed E-state index contributed by atoms with van der Waals surface area (Å²) in [5.74, 6) is 0.913. The molecule has 1 aliphatic rings. The van der Waals surface area contributed by atoms with E-state index in [1.807, 2.05) is 0 Å². The van der Waals surface area contributed by atoms with Gasteiger partial charge in [0.25, 0.3) is 5.91 Å². The highest BCUT2D eigenvalue weighted by Gasteiger charge is 2.16. The molecule has 6 heteroatoms. The topological polar surface area (TPSA) is 50.4 Å². The van der Waals surface area contributed by atoms with E-state index in [9.17, 15) is 4.79 Å². The Balaban J connectivity index is 0.00000200. The van der Waals surface area contributed by atoms with Crippen LogP contribution >= 0.6 is 24.0 Å². The van der Waals surface area contributed by atoms with Crippen molar-refractivity contribution in [3.05, 3.63) is 28.8 Å². The number of carbonyl (C=O) groups is 1. The monoisotopic (exact) mass is 318 g/mol. The SMILES string of the molecule is COc1ccc(Cl)cc1C(=O)NCC1CCCNC1.Cl. The van der Waals surface area contributed by atoms with E-state index in [1.54, 1.807) is 25.3 Å². The van der Waals surface area contributed by atoms with Crippen LogP contribution in [-0.2, 0) is 0 Å². The van der Waals surface area contributed by atoms with E-state index in [4.69, 9.17) is 16.3 Å². The highest BCUT2D eigenvalue weighted by molar-refractivity contribution is 6.31. The molecule has 1 fully saturated rings. The summed E-state index contributed by atoms with van der Waals surface area (Å²) in [5.41, 5.74) is 0.485. The molecule has 1 atom stereocenters. The van der Waals surface area contributed by atoms with Gasteiger partial charge in [-0.3, -0.25) is 4.79 Å². The zero-order chi connectivity index (χ0) is 13.7. The van der Waals surface area contributed by atoms with Crippen LogP contribution in [0, 0.1) is 5.92 Å². The van der Waals surface area contributed by atoms with Crippen molar-refractivity contribution in [3.63, 3.8) is 0 Å². The molecule has 0 spiro atoms. The smallest absolute Gasteiger partial charge is 0.255 e. The van der Waals surface area contributed by atoms with Crippen molar-refractivity contribution in [2.24, 2.45) is 5.92 Å². The molecule has 2 rings (SSSR count). The van der Waals surface area contributed by atoms with Crippen LogP contribution in [0.1, 0.15) is 23.2 Å². The van der Waals surface area contributed by atoms with Crippen LogP contribution < -0.4 is 15.4 Å². The maximum absolute atomic E-state index is 12.1. The van der Waals surface area contributed by atoms with E-state index >= 15 is 0 Å². The number of piperidine rings is 1. The Morgan fingerprint density at radius 2 is 2.35 bits per heavy atom. The van der Waals surface area contributed by atoms with Gasteiger partial charge in [0.05, 0.1) is 12.7 Å². The van der Waals surface area contributed by atoms with Crippen molar-refractivity contribution in [2.75, 3.05) is 26.7 Å². The van der Waals surface area contributed by atoms with Gasteiger partial charge in [-0.15, -0.1) is 12.4 Å². The maximum Gasteiger partial charge on any atom is 0.255 e. The van der Waals surface area contributed by atoms with Gasteiger partial charge in [0.2, 0.25) is 0 Å². The van der Waals surface area contributed by atoms with Crippen LogP contribution in [0.25, 0.3) is 0 Å². The van der Waals surface area contributed by atoms with E-state index in [2.05, 4.69) is 10.6 Å². The maximum atomic E-state index is 12.1. The van der Waals surface area contributed by atoms with E-state index in [0.717, 1.165) is 19.5 Å². The molecular formula is C14H20Cl2N2O2. The van der Waals surface area contributed by atoms with Crippen molar-refractivity contribution >= 4 is 29.9 Å². The van der Waals surface area contributed by atoms with Gasteiger partial charge in [0.1, 0.15) is 5.75 Å². The molecule has 20 heavy (non-hydrogen) atoms. The quantitative estimate of drug-likeness (QED) is 0.896. The molecule has 1 unspecified atom stereocenters. The van der Waals surface area contributed by atoms with Crippen molar-refractivity contribution in [1.29, 1.82) is 0 Å². The Labute approximate surface area is 130 Å². The second-order valence-corrected chi connectivity index (χ2v) is 5.20. The molecule has 1 heterocycles. The number of halogens is 2. The summed E-state index contributed by atoms with van der Waals surface area (Å²) in [6.07, 6.45) is 2.32. The van der Waals surface area contributed by atoms with Crippen molar-refractivity contribution in [2.45, 2.75) is 12.8 Å². The van der Waals surface area contributed by atoms with Crippen LogP contribution in [-0.4, -0.2) is 32.7 Å². The number of carbonyl (C=O) groups excluding carboxylic acids is 1. The first kappa shape index (κ1) is 17.1. The first-order valence-corrected chi connectivity index (χ1v) is 6.91. The summed E-state index contributed by atoms with van der Waals surface area (Å²) >= 11 is 5.92. The Kier molecular flexibility index (Phi) is 7.13. The van der Waals surface area contributed by atoms with E-state index in [-0.39, 0.29) is 18.3 Å². The fourth-order valence-electron chi connectivity index (χ4n) is 2.29. The van der Waals surface area contributed by atoms with Gasteiger partial charge in [0, 0.05) is 11.6 Å². The van der Waals surface area contributed by atoms with Gasteiger partial charge in [-0.05, 0) is 50.0 Å². The van der Waals surface area contributed by atoms with Gasteiger partial charge in [0.15, 0.2) is 0 Å². The average Bonchev–Trinajstić information content (AvgIpc) is 2.46. The fraction of sp³-hybridized carbons (Fsp3) is 0.500. The third-order valence-electron chi connectivity index (χ3n) is 3.36. The first-order valence-electron chi connectivity index (χ1n) is 6.53. The fourth-order valence-corrected chi connectivity index (χ4v) is 2.46. The van der Waals surface area contributed by atoms with Crippen molar-refractivity contribution in [1.82, 2.24) is 10.6 Å². The average molecular weight is 319 g/mol. The standard InChI is InChI=1S/C14H19ClN2O2.ClH/c1-19-13-5-4-11(15)7-12(13)14(18)17-9-10-3-2-6-16-8-10;/h4-5,7,10,16H,2-3,6,8-9H2,1H3,(H,17,18);1H. The third kappa shape index (κ3) is 4.54. The zero-order valence-electron chi connectivity index (χ0n) is 11.4. The predicted octanol–water partition coefficient (Wildman–Crippen LogP) is 2.50. The lowest BCUT2D eigenvalue weighted by Gasteiger charge is -2.23. The highest BCUT2D eigenvalue weighted by Crippen LogP contribution is 2.22. The number of amides is 1. The number of hydrogen-bond donors (Lipinski definition) is 2. The van der Waals surface area contributed by atoms with Crippen molar-refractivity contribution in [3.8, 4) is 5.75 Å². The molecule has 0 aromatic heterocycles. The number of rotatable bonds is 4. The number of benzene rings is 1. The summed E-state index contributed by atoms with van der Waals surface area (Å²) in [4.78, 5) is 12.1. The van der Waals surface area contributed by atoms with Crippen LogP contribution in [0.2, 0.25) is 5.02 Å². The number of ether oxygens (including phenoxy) is 1. The minimum absolute atomic E-state index is 0. The number of hydrogen-bond acceptors (Lipinski definition) is 3. The minimum atomic E-state index is -0.134. The van der Waals surface area contributed by atoms with Gasteiger partial charge in [-0.2, -0.15) is 0 Å². The van der Waals surface area contributed by atoms with Crippen LogP contribution in [0.4, 0.5) is 0 Å². The summed E-state index contributed by atoms with van der Waals surface area (Å²) in [5, 5.41) is 6.82. The molecule has 2 N–H and O–H groups in total. The van der Waals surface area contributed by atoms with E-state index < -0.39 is 0 Å². The molecule has 0 aliphatic carbocycles. The Morgan fingerprint density at radius 1 is 1.55 bits per heavy atom. The molecule has 1 aromatic carbocycles. The van der Waals surface area contributed by atoms with Crippen LogP contribution in [0.15, 0.2) is 18.2 Å². The lowest BCUT2D eigenvalue weighted by Crippen LogP contribution is -2.38. The van der Waals surface area contributed by atoms with Gasteiger partial charge >= 0.3 is 0 Å².